The van der Waals surface area contributed by atoms with Crippen molar-refractivity contribution in [1.82, 2.24) is 15.0 Å². The molecule has 0 amide bonds. The Kier molecular flexibility index (Phi) is 3.51. The quantitative estimate of drug-likeness (QED) is 0.897. The molecular weight excluding hydrogens is 236 g/mol. The molecule has 2 rings (SSSR count). The second-order valence-corrected chi connectivity index (χ2v) is 5.64. The van der Waals surface area contributed by atoms with Gasteiger partial charge >= 0.3 is 0 Å². The van der Waals surface area contributed by atoms with Gasteiger partial charge in [-0.2, -0.15) is 0 Å². The van der Waals surface area contributed by atoms with Gasteiger partial charge in [-0.1, -0.05) is 27.7 Å². The lowest BCUT2D eigenvalue weighted by molar-refractivity contribution is 0.568. The Morgan fingerprint density at radius 1 is 1.21 bits per heavy atom. The molecule has 0 aliphatic heterocycles. The number of hydrogen-bond donors (Lipinski definition) is 1. The van der Waals surface area contributed by atoms with Gasteiger partial charge in [0.05, 0.1) is 5.69 Å². The van der Waals surface area contributed by atoms with Crippen molar-refractivity contribution in [2.45, 2.75) is 39.5 Å². The van der Waals surface area contributed by atoms with Crippen molar-refractivity contribution in [3.8, 4) is 11.4 Å². The van der Waals surface area contributed by atoms with Crippen LogP contribution < -0.4 is 5.73 Å². The zero-order valence-corrected chi connectivity index (χ0v) is 11.9. The van der Waals surface area contributed by atoms with E-state index in [9.17, 15) is 0 Å². The maximum absolute atomic E-state index is 5.92. The van der Waals surface area contributed by atoms with E-state index in [0.29, 0.717) is 11.6 Å². The van der Waals surface area contributed by atoms with Crippen LogP contribution in [0, 0.1) is 0 Å². The van der Waals surface area contributed by atoms with Gasteiger partial charge in [-0.25, -0.2) is 9.97 Å². The molecule has 0 saturated carbocycles. The van der Waals surface area contributed by atoms with Gasteiger partial charge in [0.15, 0.2) is 5.82 Å². The zero-order chi connectivity index (χ0) is 14.0. The molecule has 0 atom stereocenters. The van der Waals surface area contributed by atoms with Gasteiger partial charge in [-0.05, 0) is 18.1 Å². The number of rotatable bonds is 2. The minimum Gasteiger partial charge on any atom is -0.384 e. The molecule has 0 saturated heterocycles. The number of hydrogen-bond acceptors (Lipinski definition) is 4. The molecule has 2 aromatic heterocycles. The standard InChI is InChI=1S/C15H20N4/c1-5-10-9-17-7-6-11(10)14-18-12(15(2,3)4)8-13(16)19-14/h6-9H,5H2,1-4H3,(H2,16,18,19). The lowest BCUT2D eigenvalue weighted by Crippen LogP contribution is -2.15. The third-order valence-electron chi connectivity index (χ3n) is 3.04. The summed E-state index contributed by atoms with van der Waals surface area (Å²) in [6.07, 6.45) is 4.52. The van der Waals surface area contributed by atoms with E-state index in [0.717, 1.165) is 23.2 Å². The Labute approximate surface area is 114 Å². The number of anilines is 1. The predicted molar refractivity (Wildman–Crippen MR) is 77.8 cm³/mol. The number of nitrogens with zero attached hydrogens (tertiary/aromatic N) is 3. The first-order valence-electron chi connectivity index (χ1n) is 6.50. The second-order valence-electron chi connectivity index (χ2n) is 5.64. The van der Waals surface area contributed by atoms with E-state index in [2.05, 4.69) is 42.6 Å². The number of aromatic nitrogens is 3. The normalized spacial score (nSPS) is 11.6. The molecule has 19 heavy (non-hydrogen) atoms. The Morgan fingerprint density at radius 2 is 1.95 bits per heavy atom. The first-order chi connectivity index (χ1) is 8.91. The van der Waals surface area contributed by atoms with Crippen LogP contribution in [0.25, 0.3) is 11.4 Å². The lowest BCUT2D eigenvalue weighted by atomic mass is 9.91. The molecule has 2 heterocycles. The lowest BCUT2D eigenvalue weighted by Gasteiger charge is -2.19. The largest absolute Gasteiger partial charge is 0.384 e. The van der Waals surface area contributed by atoms with Crippen molar-refractivity contribution < 1.29 is 0 Å². The van der Waals surface area contributed by atoms with E-state index in [1.165, 1.54) is 0 Å². The molecule has 0 aliphatic rings. The molecule has 0 fully saturated rings. The van der Waals surface area contributed by atoms with Crippen LogP contribution in [0.15, 0.2) is 24.5 Å². The third kappa shape index (κ3) is 2.89. The fourth-order valence-corrected chi connectivity index (χ4v) is 1.90. The Balaban J connectivity index is 2.60. The van der Waals surface area contributed by atoms with Crippen LogP contribution in [-0.2, 0) is 11.8 Å². The van der Waals surface area contributed by atoms with E-state index in [1.54, 1.807) is 6.20 Å². The third-order valence-corrected chi connectivity index (χ3v) is 3.04. The highest BCUT2D eigenvalue weighted by Gasteiger charge is 2.18. The van der Waals surface area contributed by atoms with Crippen molar-refractivity contribution in [2.75, 3.05) is 5.73 Å². The van der Waals surface area contributed by atoms with E-state index >= 15 is 0 Å². The molecule has 2 N–H and O–H groups in total. The van der Waals surface area contributed by atoms with Crippen molar-refractivity contribution in [1.29, 1.82) is 0 Å². The molecule has 0 aromatic carbocycles. The van der Waals surface area contributed by atoms with Crippen LogP contribution in [0.5, 0.6) is 0 Å². The molecule has 100 valence electrons. The summed E-state index contributed by atoms with van der Waals surface area (Å²) in [6.45, 7) is 8.45. The van der Waals surface area contributed by atoms with Gasteiger partial charge in [-0.3, -0.25) is 4.98 Å². The summed E-state index contributed by atoms with van der Waals surface area (Å²) < 4.78 is 0. The molecule has 0 aliphatic carbocycles. The highest BCUT2D eigenvalue weighted by atomic mass is 15.0. The minimum absolute atomic E-state index is 0.0504. The molecular formula is C15H20N4. The molecule has 4 heteroatoms. The molecule has 2 aromatic rings. The fourth-order valence-electron chi connectivity index (χ4n) is 1.90. The van der Waals surface area contributed by atoms with Crippen LogP contribution in [0.1, 0.15) is 39.0 Å². The van der Waals surface area contributed by atoms with E-state index in [-0.39, 0.29) is 5.41 Å². The smallest absolute Gasteiger partial charge is 0.162 e. The van der Waals surface area contributed by atoms with Crippen molar-refractivity contribution in [2.24, 2.45) is 0 Å². The summed E-state index contributed by atoms with van der Waals surface area (Å²) in [7, 11) is 0. The van der Waals surface area contributed by atoms with Crippen LogP contribution in [0.3, 0.4) is 0 Å². The summed E-state index contributed by atoms with van der Waals surface area (Å²) in [4.78, 5) is 13.2. The van der Waals surface area contributed by atoms with Crippen LogP contribution in [0.4, 0.5) is 5.82 Å². The number of nitrogens with two attached hydrogens (primary N) is 1. The number of aryl methyl sites for hydroxylation is 1. The summed E-state index contributed by atoms with van der Waals surface area (Å²) in [5.74, 6) is 1.19. The van der Waals surface area contributed by atoms with Crippen LogP contribution in [0.2, 0.25) is 0 Å². The van der Waals surface area contributed by atoms with Gasteiger partial charge in [0.2, 0.25) is 0 Å². The average molecular weight is 256 g/mol. The van der Waals surface area contributed by atoms with E-state index < -0.39 is 0 Å². The molecule has 0 unspecified atom stereocenters. The van der Waals surface area contributed by atoms with Gasteiger partial charge in [-0.15, -0.1) is 0 Å². The average Bonchev–Trinajstić information content (AvgIpc) is 2.37. The predicted octanol–water partition coefficient (Wildman–Crippen LogP) is 2.98. The molecule has 0 radical (unpaired) electrons. The molecule has 0 spiro atoms. The topological polar surface area (TPSA) is 64.7 Å². The summed E-state index contributed by atoms with van der Waals surface area (Å²) in [5.41, 5.74) is 8.96. The van der Waals surface area contributed by atoms with Crippen molar-refractivity contribution >= 4 is 5.82 Å². The van der Waals surface area contributed by atoms with E-state index in [1.807, 2.05) is 18.3 Å². The maximum atomic E-state index is 5.92. The highest BCUT2D eigenvalue weighted by Crippen LogP contribution is 2.26. The summed E-state index contributed by atoms with van der Waals surface area (Å²) in [5, 5.41) is 0. The first kappa shape index (κ1) is 13.5. The van der Waals surface area contributed by atoms with Crippen LogP contribution in [-0.4, -0.2) is 15.0 Å². The minimum atomic E-state index is -0.0504. The van der Waals surface area contributed by atoms with Crippen LogP contribution >= 0.6 is 0 Å². The Hall–Kier alpha value is -1.97. The van der Waals surface area contributed by atoms with Gasteiger partial charge in [0.25, 0.3) is 0 Å². The Morgan fingerprint density at radius 3 is 2.58 bits per heavy atom. The zero-order valence-electron chi connectivity index (χ0n) is 11.9. The summed E-state index contributed by atoms with van der Waals surface area (Å²) >= 11 is 0. The number of nitrogen functional groups attached to an aromatic ring is 1. The fraction of sp³-hybridized carbons (Fsp3) is 0.400. The van der Waals surface area contributed by atoms with E-state index in [4.69, 9.17) is 5.73 Å². The first-order valence-corrected chi connectivity index (χ1v) is 6.50. The SMILES string of the molecule is CCc1cnccc1-c1nc(N)cc(C(C)(C)C)n1. The summed E-state index contributed by atoms with van der Waals surface area (Å²) in [6, 6.07) is 3.79. The second kappa shape index (κ2) is 4.96. The Bertz CT molecular complexity index is 585. The molecule has 0 bridgehead atoms. The van der Waals surface area contributed by atoms with Crippen molar-refractivity contribution in [3.63, 3.8) is 0 Å². The maximum Gasteiger partial charge on any atom is 0.162 e. The monoisotopic (exact) mass is 256 g/mol. The highest BCUT2D eigenvalue weighted by molar-refractivity contribution is 5.61. The van der Waals surface area contributed by atoms with Crippen molar-refractivity contribution in [3.05, 3.63) is 35.8 Å². The number of pyridine rings is 1. The van der Waals surface area contributed by atoms with Gasteiger partial charge < -0.3 is 5.73 Å². The van der Waals surface area contributed by atoms with Gasteiger partial charge in [0, 0.05) is 29.4 Å². The molecule has 4 nitrogen and oxygen atoms in total. The van der Waals surface area contributed by atoms with Gasteiger partial charge in [0.1, 0.15) is 5.82 Å².